The normalized spacial score (nSPS) is 10.6. The van der Waals surface area contributed by atoms with Crippen LogP contribution >= 0.6 is 0 Å². The molecule has 0 saturated heterocycles. The molecule has 0 unspecified atom stereocenters. The molecule has 2 aromatic carbocycles. The van der Waals surface area contributed by atoms with Crippen LogP contribution in [-0.4, -0.2) is 37.7 Å². The summed E-state index contributed by atoms with van der Waals surface area (Å²) in [6, 6.07) is 9.04. The van der Waals surface area contributed by atoms with Crippen molar-refractivity contribution in [1.82, 2.24) is 4.98 Å². The molecule has 0 radical (unpaired) electrons. The Kier molecular flexibility index (Phi) is 6.59. The van der Waals surface area contributed by atoms with Gasteiger partial charge in [0.2, 0.25) is 0 Å². The summed E-state index contributed by atoms with van der Waals surface area (Å²) in [5.41, 5.74) is 9.35. The van der Waals surface area contributed by atoms with Crippen molar-refractivity contribution in [2.24, 2.45) is 5.73 Å². The third-order valence-corrected chi connectivity index (χ3v) is 4.98. The zero-order valence-corrected chi connectivity index (χ0v) is 17.9. The van der Waals surface area contributed by atoms with E-state index < -0.39 is 5.91 Å². The highest BCUT2D eigenvalue weighted by molar-refractivity contribution is 6.08. The topological polar surface area (TPSA) is 113 Å². The van der Waals surface area contributed by atoms with Gasteiger partial charge in [0, 0.05) is 23.3 Å². The quantitative estimate of drug-likeness (QED) is 0.533. The third-order valence-electron chi connectivity index (χ3n) is 4.98. The van der Waals surface area contributed by atoms with E-state index >= 15 is 0 Å². The van der Waals surface area contributed by atoms with E-state index in [0.717, 1.165) is 16.8 Å². The van der Waals surface area contributed by atoms with Crippen LogP contribution in [0.25, 0.3) is 10.9 Å². The first-order valence-electron chi connectivity index (χ1n) is 9.75. The van der Waals surface area contributed by atoms with Gasteiger partial charge in [0.25, 0.3) is 5.91 Å². The standard InChI is InChI=1S/C23H25N3O5/c1-5-31-21(27)9-14-7-6-8-17(13(14)2)26-22-15-10-19(29-3)20(30-4)11-18(15)25-12-16(22)23(24)28/h6-8,10-12H,5,9H2,1-4H3,(H2,24,28)(H,25,26). The second-order valence-electron chi connectivity index (χ2n) is 6.83. The highest BCUT2D eigenvalue weighted by Gasteiger charge is 2.18. The van der Waals surface area contributed by atoms with Crippen molar-refractivity contribution >= 4 is 34.2 Å². The molecular formula is C23H25N3O5. The maximum atomic E-state index is 12.1. The van der Waals surface area contributed by atoms with Crippen LogP contribution in [0, 0.1) is 6.92 Å². The molecule has 0 aliphatic rings. The number of hydrogen-bond donors (Lipinski definition) is 2. The number of pyridine rings is 1. The summed E-state index contributed by atoms with van der Waals surface area (Å²) in [7, 11) is 3.07. The predicted octanol–water partition coefficient (Wildman–Crippen LogP) is 3.51. The average Bonchev–Trinajstić information content (AvgIpc) is 2.75. The van der Waals surface area contributed by atoms with Crippen LogP contribution < -0.4 is 20.5 Å². The molecule has 8 heteroatoms. The minimum absolute atomic E-state index is 0.153. The van der Waals surface area contributed by atoms with E-state index in [1.54, 1.807) is 26.2 Å². The van der Waals surface area contributed by atoms with Crippen molar-refractivity contribution in [3.63, 3.8) is 0 Å². The molecule has 0 fully saturated rings. The lowest BCUT2D eigenvalue weighted by atomic mass is 10.0. The van der Waals surface area contributed by atoms with Gasteiger partial charge in [0.15, 0.2) is 11.5 Å². The number of amides is 1. The van der Waals surface area contributed by atoms with E-state index in [1.165, 1.54) is 13.3 Å². The number of rotatable bonds is 8. The molecule has 1 amide bonds. The Morgan fingerprint density at radius 1 is 1.13 bits per heavy atom. The molecule has 0 bridgehead atoms. The van der Waals surface area contributed by atoms with Crippen LogP contribution in [0.2, 0.25) is 0 Å². The molecule has 0 atom stereocenters. The molecule has 3 N–H and O–H groups in total. The Balaban J connectivity index is 2.13. The zero-order chi connectivity index (χ0) is 22.5. The van der Waals surface area contributed by atoms with Crippen LogP contribution in [0.1, 0.15) is 28.4 Å². The summed E-state index contributed by atoms with van der Waals surface area (Å²) in [4.78, 5) is 28.4. The number of aromatic nitrogens is 1. The number of carbonyl (C=O) groups excluding carboxylic acids is 2. The summed E-state index contributed by atoms with van der Waals surface area (Å²) in [5.74, 6) is 0.0981. The lowest BCUT2D eigenvalue weighted by molar-refractivity contribution is -0.142. The lowest BCUT2D eigenvalue weighted by Gasteiger charge is -2.18. The fraction of sp³-hybridized carbons (Fsp3) is 0.261. The zero-order valence-electron chi connectivity index (χ0n) is 17.9. The number of fused-ring (bicyclic) bond motifs is 1. The molecule has 3 aromatic rings. The summed E-state index contributed by atoms with van der Waals surface area (Å²) in [6.45, 7) is 3.99. The monoisotopic (exact) mass is 423 g/mol. The van der Waals surface area contributed by atoms with Gasteiger partial charge >= 0.3 is 5.97 Å². The Morgan fingerprint density at radius 3 is 2.48 bits per heavy atom. The van der Waals surface area contributed by atoms with Gasteiger partial charge < -0.3 is 25.3 Å². The molecule has 1 aromatic heterocycles. The molecule has 31 heavy (non-hydrogen) atoms. The van der Waals surface area contributed by atoms with Gasteiger partial charge in [-0.2, -0.15) is 0 Å². The maximum Gasteiger partial charge on any atom is 0.310 e. The second-order valence-corrected chi connectivity index (χ2v) is 6.83. The van der Waals surface area contributed by atoms with E-state index in [2.05, 4.69) is 10.3 Å². The van der Waals surface area contributed by atoms with Gasteiger partial charge in [0.1, 0.15) is 0 Å². The Hall–Kier alpha value is -3.81. The molecule has 0 spiro atoms. The van der Waals surface area contributed by atoms with Crippen LogP contribution in [0.5, 0.6) is 11.5 Å². The minimum Gasteiger partial charge on any atom is -0.493 e. The Morgan fingerprint density at radius 2 is 1.84 bits per heavy atom. The summed E-state index contributed by atoms with van der Waals surface area (Å²) < 4.78 is 15.8. The largest absolute Gasteiger partial charge is 0.493 e. The van der Waals surface area contributed by atoms with Crippen molar-refractivity contribution in [1.29, 1.82) is 0 Å². The van der Waals surface area contributed by atoms with Gasteiger partial charge in [-0.05, 0) is 37.1 Å². The van der Waals surface area contributed by atoms with E-state index in [1.807, 2.05) is 25.1 Å². The van der Waals surface area contributed by atoms with Crippen molar-refractivity contribution < 1.29 is 23.8 Å². The Labute approximate surface area is 180 Å². The summed E-state index contributed by atoms with van der Waals surface area (Å²) in [5, 5.41) is 3.95. The van der Waals surface area contributed by atoms with Crippen LogP contribution in [0.4, 0.5) is 11.4 Å². The highest BCUT2D eigenvalue weighted by atomic mass is 16.5. The number of anilines is 2. The average molecular weight is 423 g/mol. The number of nitrogens with two attached hydrogens (primary N) is 1. The molecule has 0 saturated carbocycles. The number of benzene rings is 2. The smallest absolute Gasteiger partial charge is 0.310 e. The van der Waals surface area contributed by atoms with Gasteiger partial charge in [-0.3, -0.25) is 14.6 Å². The van der Waals surface area contributed by atoms with Crippen LogP contribution in [0.15, 0.2) is 36.5 Å². The van der Waals surface area contributed by atoms with Crippen molar-refractivity contribution in [2.75, 3.05) is 26.1 Å². The van der Waals surface area contributed by atoms with Gasteiger partial charge in [-0.1, -0.05) is 12.1 Å². The predicted molar refractivity (Wildman–Crippen MR) is 118 cm³/mol. The number of primary amides is 1. The van der Waals surface area contributed by atoms with E-state index in [9.17, 15) is 9.59 Å². The van der Waals surface area contributed by atoms with Gasteiger partial charge in [-0.25, -0.2) is 0 Å². The SMILES string of the molecule is CCOC(=O)Cc1cccc(Nc2c(C(N)=O)cnc3cc(OC)c(OC)cc23)c1C. The van der Waals surface area contributed by atoms with E-state index in [4.69, 9.17) is 19.9 Å². The highest BCUT2D eigenvalue weighted by Crippen LogP contribution is 2.37. The molecule has 3 rings (SSSR count). The maximum absolute atomic E-state index is 12.1. The molecule has 8 nitrogen and oxygen atoms in total. The first-order valence-corrected chi connectivity index (χ1v) is 9.75. The fourth-order valence-corrected chi connectivity index (χ4v) is 3.35. The summed E-state index contributed by atoms with van der Waals surface area (Å²) in [6.07, 6.45) is 1.58. The first-order chi connectivity index (χ1) is 14.9. The van der Waals surface area contributed by atoms with Crippen LogP contribution in [-0.2, 0) is 16.0 Å². The van der Waals surface area contributed by atoms with Crippen molar-refractivity contribution in [2.45, 2.75) is 20.3 Å². The molecular weight excluding hydrogens is 398 g/mol. The molecule has 0 aliphatic carbocycles. The lowest BCUT2D eigenvalue weighted by Crippen LogP contribution is -2.15. The molecule has 1 heterocycles. The van der Waals surface area contributed by atoms with Gasteiger partial charge in [0.05, 0.1) is 44.0 Å². The minimum atomic E-state index is -0.619. The number of hydrogen-bond acceptors (Lipinski definition) is 7. The van der Waals surface area contributed by atoms with Crippen molar-refractivity contribution in [3.8, 4) is 11.5 Å². The summed E-state index contributed by atoms with van der Waals surface area (Å²) >= 11 is 0. The first kappa shape index (κ1) is 21.9. The number of carbonyl (C=O) groups is 2. The van der Waals surface area contributed by atoms with Gasteiger partial charge in [-0.15, -0.1) is 0 Å². The van der Waals surface area contributed by atoms with E-state index in [-0.39, 0.29) is 18.0 Å². The molecule has 162 valence electrons. The second kappa shape index (κ2) is 9.34. The number of nitrogens with zero attached hydrogens (tertiary/aromatic N) is 1. The van der Waals surface area contributed by atoms with E-state index in [0.29, 0.717) is 34.7 Å². The fourth-order valence-electron chi connectivity index (χ4n) is 3.35. The Bertz CT molecular complexity index is 1140. The van der Waals surface area contributed by atoms with Crippen LogP contribution in [0.3, 0.4) is 0 Å². The number of methoxy groups -OCH3 is 2. The number of esters is 1. The number of ether oxygens (including phenoxy) is 3. The number of nitrogens with one attached hydrogen (secondary N) is 1. The third kappa shape index (κ3) is 4.53. The van der Waals surface area contributed by atoms with Crippen molar-refractivity contribution in [3.05, 3.63) is 53.2 Å². The molecule has 0 aliphatic heterocycles.